The summed E-state index contributed by atoms with van der Waals surface area (Å²) < 4.78 is 4.98. The zero-order valence-electron chi connectivity index (χ0n) is 17.3. The minimum atomic E-state index is -0.444. The van der Waals surface area contributed by atoms with Crippen LogP contribution in [0.15, 0.2) is 30.3 Å². The maximum absolute atomic E-state index is 13.0. The molecular weight excluding hydrogens is 342 g/mol. The first-order valence-corrected chi connectivity index (χ1v) is 9.92. The highest BCUT2D eigenvalue weighted by Crippen LogP contribution is 2.20. The fraction of sp³-hybridized carbons (Fsp3) is 0.619. The van der Waals surface area contributed by atoms with Gasteiger partial charge in [0, 0.05) is 12.6 Å². The molecule has 0 aliphatic carbocycles. The Labute approximate surface area is 163 Å². The Hall–Kier alpha value is -2.08. The van der Waals surface area contributed by atoms with E-state index in [4.69, 9.17) is 4.74 Å². The van der Waals surface area contributed by atoms with Gasteiger partial charge >= 0.3 is 6.09 Å². The molecule has 1 aromatic carbocycles. The fourth-order valence-electron chi connectivity index (χ4n) is 3.17. The third-order valence-corrected chi connectivity index (χ3v) is 4.42. The van der Waals surface area contributed by atoms with Gasteiger partial charge in [0.2, 0.25) is 5.91 Å². The van der Waals surface area contributed by atoms with Crippen LogP contribution in [-0.2, 0) is 9.53 Å². The highest BCUT2D eigenvalue weighted by molar-refractivity contribution is 5.83. The van der Waals surface area contributed by atoms with E-state index < -0.39 is 6.09 Å². The number of carbonyl (C=O) groups is 2. The van der Waals surface area contributed by atoms with Crippen LogP contribution < -0.4 is 10.6 Å². The Kier molecular flexibility index (Phi) is 10.5. The number of nitrogens with one attached hydrogen (secondary N) is 2. The van der Waals surface area contributed by atoms with E-state index in [1.54, 1.807) is 6.92 Å². The third kappa shape index (κ3) is 7.99. The first-order valence-electron chi connectivity index (χ1n) is 9.92. The number of amides is 2. The average Bonchev–Trinajstić information content (AvgIpc) is 2.64. The summed E-state index contributed by atoms with van der Waals surface area (Å²) in [6, 6.07) is 9.29. The second-order valence-corrected chi connectivity index (χ2v) is 6.97. The van der Waals surface area contributed by atoms with Crippen LogP contribution >= 0.6 is 0 Å². The van der Waals surface area contributed by atoms with Gasteiger partial charge in [0.05, 0.1) is 6.61 Å². The second kappa shape index (κ2) is 12.3. The number of rotatable bonds is 11. The van der Waals surface area contributed by atoms with Crippen molar-refractivity contribution in [3.8, 4) is 0 Å². The smallest absolute Gasteiger partial charge is 0.407 e. The number of hydrogen-bond acceptors (Lipinski definition) is 4. The molecule has 0 aliphatic heterocycles. The second-order valence-electron chi connectivity index (χ2n) is 6.97. The molecule has 1 aromatic rings. The molecule has 2 amide bonds. The number of likely N-dealkylation sites (N-methyl/N-ethyl adjacent to an activating group) is 1. The minimum Gasteiger partial charge on any atom is -0.450 e. The number of benzene rings is 1. The summed E-state index contributed by atoms with van der Waals surface area (Å²) in [5.74, 6) is 0.339. The fourth-order valence-corrected chi connectivity index (χ4v) is 3.17. The maximum Gasteiger partial charge on any atom is 0.407 e. The normalized spacial score (nSPS) is 13.3. The molecule has 0 aliphatic rings. The van der Waals surface area contributed by atoms with Gasteiger partial charge in [-0.2, -0.15) is 0 Å². The van der Waals surface area contributed by atoms with E-state index in [2.05, 4.69) is 43.2 Å². The molecule has 0 saturated heterocycles. The topological polar surface area (TPSA) is 70.7 Å². The van der Waals surface area contributed by atoms with E-state index in [0.29, 0.717) is 19.1 Å². The Bertz CT molecular complexity index is 559. The van der Waals surface area contributed by atoms with Gasteiger partial charge in [0.15, 0.2) is 0 Å². The Balaban J connectivity index is 2.84. The van der Waals surface area contributed by atoms with E-state index in [1.165, 1.54) is 0 Å². The van der Waals surface area contributed by atoms with E-state index in [0.717, 1.165) is 25.1 Å². The molecule has 0 saturated carbocycles. The van der Waals surface area contributed by atoms with Gasteiger partial charge in [0.1, 0.15) is 6.04 Å². The van der Waals surface area contributed by atoms with Gasteiger partial charge < -0.3 is 15.4 Å². The van der Waals surface area contributed by atoms with Crippen molar-refractivity contribution < 1.29 is 14.3 Å². The summed E-state index contributed by atoms with van der Waals surface area (Å²) >= 11 is 0. The lowest BCUT2D eigenvalue weighted by Gasteiger charge is -2.30. The largest absolute Gasteiger partial charge is 0.450 e. The van der Waals surface area contributed by atoms with Crippen LogP contribution in [0.25, 0.3) is 0 Å². The van der Waals surface area contributed by atoms with Crippen molar-refractivity contribution in [1.82, 2.24) is 15.5 Å². The number of carbonyl (C=O) groups excluding carboxylic acids is 2. The Morgan fingerprint density at radius 1 is 1.07 bits per heavy atom. The van der Waals surface area contributed by atoms with E-state index in [-0.39, 0.29) is 18.0 Å². The SMILES string of the molecule is CCOC(=O)NC(CNC(=O)C(c1ccccc1)N(CC)CC)CC(C)C. The highest BCUT2D eigenvalue weighted by Gasteiger charge is 2.26. The first-order chi connectivity index (χ1) is 12.9. The molecule has 152 valence electrons. The van der Waals surface area contributed by atoms with Crippen LogP contribution in [0.1, 0.15) is 52.6 Å². The Morgan fingerprint density at radius 2 is 1.70 bits per heavy atom. The zero-order valence-corrected chi connectivity index (χ0v) is 17.3. The lowest BCUT2D eigenvalue weighted by atomic mass is 10.0. The predicted octanol–water partition coefficient (Wildman–Crippen LogP) is 3.35. The molecule has 0 heterocycles. The zero-order chi connectivity index (χ0) is 20.2. The van der Waals surface area contributed by atoms with Gasteiger partial charge in [-0.3, -0.25) is 9.69 Å². The first kappa shape index (κ1) is 23.0. The quantitative estimate of drug-likeness (QED) is 0.620. The van der Waals surface area contributed by atoms with E-state index in [9.17, 15) is 9.59 Å². The lowest BCUT2D eigenvalue weighted by molar-refractivity contribution is -0.126. The summed E-state index contributed by atoms with van der Waals surface area (Å²) in [6.45, 7) is 12.3. The summed E-state index contributed by atoms with van der Waals surface area (Å²) in [5.41, 5.74) is 0.970. The van der Waals surface area contributed by atoms with Crippen molar-refractivity contribution in [3.63, 3.8) is 0 Å². The van der Waals surface area contributed by atoms with Gasteiger partial charge in [-0.05, 0) is 37.9 Å². The number of nitrogens with zero attached hydrogens (tertiary/aromatic N) is 1. The molecule has 1 rings (SSSR count). The molecule has 0 spiro atoms. The molecule has 6 heteroatoms. The summed E-state index contributed by atoms with van der Waals surface area (Å²) in [4.78, 5) is 26.9. The average molecular weight is 378 g/mol. The van der Waals surface area contributed by atoms with Gasteiger partial charge in [-0.25, -0.2) is 4.79 Å². The molecule has 0 fully saturated rings. The molecule has 0 bridgehead atoms. The van der Waals surface area contributed by atoms with Crippen molar-refractivity contribution in [2.24, 2.45) is 5.92 Å². The molecule has 0 radical (unpaired) electrons. The van der Waals surface area contributed by atoms with Gasteiger partial charge in [-0.1, -0.05) is 58.0 Å². The van der Waals surface area contributed by atoms with Crippen LogP contribution in [0.2, 0.25) is 0 Å². The van der Waals surface area contributed by atoms with Crippen LogP contribution in [-0.4, -0.2) is 49.2 Å². The van der Waals surface area contributed by atoms with Crippen LogP contribution in [0.4, 0.5) is 4.79 Å². The molecule has 2 N–H and O–H groups in total. The summed E-state index contributed by atoms with van der Waals surface area (Å²) in [6.07, 6.45) is 0.321. The molecule has 2 atom stereocenters. The van der Waals surface area contributed by atoms with Crippen molar-refractivity contribution in [2.45, 2.75) is 53.1 Å². The van der Waals surface area contributed by atoms with Crippen molar-refractivity contribution in [1.29, 1.82) is 0 Å². The number of hydrogen-bond donors (Lipinski definition) is 2. The van der Waals surface area contributed by atoms with Crippen molar-refractivity contribution >= 4 is 12.0 Å². The predicted molar refractivity (Wildman–Crippen MR) is 109 cm³/mol. The Morgan fingerprint density at radius 3 is 2.22 bits per heavy atom. The minimum absolute atomic E-state index is 0.0516. The van der Waals surface area contributed by atoms with Crippen LogP contribution in [0.5, 0.6) is 0 Å². The summed E-state index contributed by atoms with van der Waals surface area (Å²) in [5, 5.41) is 5.88. The molecule has 6 nitrogen and oxygen atoms in total. The van der Waals surface area contributed by atoms with Gasteiger partial charge in [-0.15, -0.1) is 0 Å². The number of alkyl carbamates (subject to hydrolysis) is 1. The molecule has 0 aromatic heterocycles. The lowest BCUT2D eigenvalue weighted by Crippen LogP contribution is -2.47. The molecular formula is C21H35N3O3. The van der Waals surface area contributed by atoms with Crippen molar-refractivity contribution in [2.75, 3.05) is 26.2 Å². The van der Waals surface area contributed by atoms with Gasteiger partial charge in [0.25, 0.3) is 0 Å². The standard InChI is InChI=1S/C21H35N3O3/c1-6-24(7-2)19(17-12-10-9-11-13-17)20(25)22-15-18(14-16(4)5)23-21(26)27-8-3/h9-13,16,18-19H,6-8,14-15H2,1-5H3,(H,22,25)(H,23,26). The maximum atomic E-state index is 13.0. The van der Waals surface area contributed by atoms with Crippen LogP contribution in [0, 0.1) is 5.92 Å². The van der Waals surface area contributed by atoms with E-state index in [1.807, 2.05) is 30.3 Å². The highest BCUT2D eigenvalue weighted by atomic mass is 16.5. The molecule has 27 heavy (non-hydrogen) atoms. The van der Waals surface area contributed by atoms with Crippen molar-refractivity contribution in [3.05, 3.63) is 35.9 Å². The monoisotopic (exact) mass is 377 g/mol. The van der Waals surface area contributed by atoms with Crippen LogP contribution in [0.3, 0.4) is 0 Å². The third-order valence-electron chi connectivity index (χ3n) is 4.42. The molecule has 2 unspecified atom stereocenters. The van der Waals surface area contributed by atoms with E-state index >= 15 is 0 Å². The number of ether oxygens (including phenoxy) is 1. The summed E-state index contributed by atoms with van der Waals surface area (Å²) in [7, 11) is 0.